The highest BCUT2D eigenvalue weighted by molar-refractivity contribution is 7.13. The van der Waals surface area contributed by atoms with Crippen molar-refractivity contribution in [2.45, 2.75) is 20.0 Å². The van der Waals surface area contributed by atoms with E-state index >= 15 is 0 Å². The van der Waals surface area contributed by atoms with Crippen LogP contribution in [0.2, 0.25) is 0 Å². The summed E-state index contributed by atoms with van der Waals surface area (Å²) in [7, 11) is 0. The first-order valence-electron chi connectivity index (χ1n) is 8.60. The van der Waals surface area contributed by atoms with Gasteiger partial charge in [0.15, 0.2) is 0 Å². The van der Waals surface area contributed by atoms with E-state index in [4.69, 9.17) is 4.74 Å². The Morgan fingerprint density at radius 2 is 2.00 bits per heavy atom. The van der Waals surface area contributed by atoms with Crippen LogP contribution in [-0.4, -0.2) is 31.8 Å². The summed E-state index contributed by atoms with van der Waals surface area (Å²) in [5.41, 5.74) is 2.86. The summed E-state index contributed by atoms with van der Waals surface area (Å²) in [5.74, 6) is 0.371. The zero-order valence-electron chi connectivity index (χ0n) is 15.2. The zero-order valence-corrected chi connectivity index (χ0v) is 16.0. The molecular weight excluding hydrogens is 378 g/mol. The topological polar surface area (TPSA) is 102 Å². The van der Waals surface area contributed by atoms with Crippen LogP contribution in [0.1, 0.15) is 24.3 Å². The third-order valence-electron chi connectivity index (χ3n) is 3.97. The van der Waals surface area contributed by atoms with Gasteiger partial charge >= 0.3 is 0 Å². The fraction of sp³-hybridized carbons (Fsp3) is 0.158. The largest absolute Gasteiger partial charge is 0.491 e. The summed E-state index contributed by atoms with van der Waals surface area (Å²) >= 11 is 1.23. The number of H-pyrrole nitrogens is 1. The van der Waals surface area contributed by atoms with Gasteiger partial charge in [0, 0.05) is 11.5 Å². The summed E-state index contributed by atoms with van der Waals surface area (Å²) in [6, 6.07) is 12.1. The molecule has 0 bridgehead atoms. The first-order chi connectivity index (χ1) is 13.5. The molecule has 0 unspecified atom stereocenters. The van der Waals surface area contributed by atoms with Crippen molar-refractivity contribution in [1.29, 1.82) is 0 Å². The number of rotatable bonds is 5. The lowest BCUT2D eigenvalue weighted by atomic mass is 10.2. The van der Waals surface area contributed by atoms with Gasteiger partial charge in [-0.2, -0.15) is 0 Å². The van der Waals surface area contributed by atoms with Crippen LogP contribution in [0.4, 0.5) is 5.13 Å². The minimum Gasteiger partial charge on any atom is -0.491 e. The van der Waals surface area contributed by atoms with Crippen molar-refractivity contribution in [3.63, 3.8) is 0 Å². The third-order valence-corrected chi connectivity index (χ3v) is 4.57. The molecule has 4 aromatic rings. The predicted octanol–water partition coefficient (Wildman–Crippen LogP) is 3.21. The Bertz CT molecular complexity index is 1180. The van der Waals surface area contributed by atoms with Gasteiger partial charge in [-0.3, -0.25) is 19.5 Å². The van der Waals surface area contributed by atoms with E-state index in [-0.39, 0.29) is 17.6 Å². The molecule has 0 fully saturated rings. The van der Waals surface area contributed by atoms with Crippen molar-refractivity contribution >= 4 is 33.4 Å². The first-order valence-corrected chi connectivity index (χ1v) is 9.48. The van der Waals surface area contributed by atoms with Gasteiger partial charge in [0.2, 0.25) is 5.13 Å². The molecule has 0 atom stereocenters. The molecule has 0 spiro atoms. The molecule has 0 radical (unpaired) electrons. The average Bonchev–Trinajstić information content (AvgIpc) is 3.31. The van der Waals surface area contributed by atoms with E-state index in [0.29, 0.717) is 22.2 Å². The van der Waals surface area contributed by atoms with E-state index in [0.717, 1.165) is 11.1 Å². The lowest BCUT2D eigenvalue weighted by Gasteiger charge is -2.11. The molecule has 0 saturated heterocycles. The number of hydrogen-bond donors (Lipinski definition) is 2. The second kappa shape index (κ2) is 7.28. The Kier molecular flexibility index (Phi) is 4.66. The SMILES string of the molecule is CC(C)Oc1ccc(-n2c(=O)ccc3cc(C(=O)Nc4nncs4)[nH]c32)cc1. The zero-order chi connectivity index (χ0) is 19.7. The standard InChI is InChI=1S/C19H17N5O3S/c1-11(2)27-14-6-4-13(5-7-14)24-16(25)8-3-12-9-15(21-17(12)24)18(26)22-19-23-20-10-28-19/h3-11,21H,1-2H3,(H,22,23,26). The van der Waals surface area contributed by atoms with Crippen LogP contribution < -0.4 is 15.6 Å². The molecule has 4 rings (SSSR count). The number of aromatic amines is 1. The molecule has 9 heteroatoms. The molecule has 0 aliphatic rings. The van der Waals surface area contributed by atoms with Gasteiger partial charge in [0.25, 0.3) is 11.5 Å². The average molecular weight is 395 g/mol. The molecule has 142 valence electrons. The number of benzene rings is 1. The van der Waals surface area contributed by atoms with Gasteiger partial charge in [-0.1, -0.05) is 11.3 Å². The Labute approximate surface area is 163 Å². The second-order valence-electron chi connectivity index (χ2n) is 6.35. The Balaban J connectivity index is 1.72. The van der Waals surface area contributed by atoms with Crippen molar-refractivity contribution in [2.75, 3.05) is 5.32 Å². The normalized spacial score (nSPS) is 11.1. The number of amides is 1. The highest BCUT2D eigenvalue weighted by Gasteiger charge is 2.15. The number of anilines is 1. The lowest BCUT2D eigenvalue weighted by Crippen LogP contribution is -2.17. The number of pyridine rings is 1. The van der Waals surface area contributed by atoms with Crippen LogP contribution in [0.5, 0.6) is 5.75 Å². The molecule has 1 aromatic carbocycles. The molecule has 28 heavy (non-hydrogen) atoms. The molecule has 0 aliphatic heterocycles. The maximum absolute atomic E-state index is 12.5. The van der Waals surface area contributed by atoms with Crippen LogP contribution in [0.15, 0.2) is 52.8 Å². The molecule has 0 aliphatic carbocycles. The van der Waals surface area contributed by atoms with Crippen molar-refractivity contribution in [3.05, 3.63) is 64.0 Å². The van der Waals surface area contributed by atoms with E-state index in [1.165, 1.54) is 27.5 Å². The van der Waals surface area contributed by atoms with Crippen LogP contribution in [-0.2, 0) is 0 Å². The van der Waals surface area contributed by atoms with Crippen molar-refractivity contribution in [1.82, 2.24) is 19.7 Å². The highest BCUT2D eigenvalue weighted by Crippen LogP contribution is 2.21. The molecule has 3 aromatic heterocycles. The van der Waals surface area contributed by atoms with Crippen molar-refractivity contribution in [2.24, 2.45) is 0 Å². The summed E-state index contributed by atoms with van der Waals surface area (Å²) in [6.07, 6.45) is 0.0644. The van der Waals surface area contributed by atoms with E-state index in [2.05, 4.69) is 20.5 Å². The fourth-order valence-electron chi connectivity index (χ4n) is 2.83. The van der Waals surface area contributed by atoms with Gasteiger partial charge < -0.3 is 9.72 Å². The molecule has 8 nitrogen and oxygen atoms in total. The van der Waals surface area contributed by atoms with Crippen LogP contribution >= 0.6 is 11.3 Å². The summed E-state index contributed by atoms with van der Waals surface area (Å²) in [6.45, 7) is 3.90. The quantitative estimate of drug-likeness (QED) is 0.540. The van der Waals surface area contributed by atoms with E-state index in [1.807, 2.05) is 26.0 Å². The molecular formula is C19H17N5O3S. The van der Waals surface area contributed by atoms with Gasteiger partial charge in [-0.15, -0.1) is 10.2 Å². The summed E-state index contributed by atoms with van der Waals surface area (Å²) in [5, 5.41) is 11.3. The molecule has 0 saturated carbocycles. The van der Waals surface area contributed by atoms with Gasteiger partial charge in [-0.25, -0.2) is 0 Å². The second-order valence-corrected chi connectivity index (χ2v) is 7.19. The molecule has 3 heterocycles. The molecule has 2 N–H and O–H groups in total. The fourth-order valence-corrected chi connectivity index (χ4v) is 3.27. The summed E-state index contributed by atoms with van der Waals surface area (Å²) < 4.78 is 7.17. The monoisotopic (exact) mass is 395 g/mol. The maximum atomic E-state index is 12.5. The summed E-state index contributed by atoms with van der Waals surface area (Å²) in [4.78, 5) is 28.0. The van der Waals surface area contributed by atoms with Crippen LogP contribution in [0, 0.1) is 0 Å². The minimum absolute atomic E-state index is 0.0644. The van der Waals surface area contributed by atoms with Crippen molar-refractivity contribution in [3.8, 4) is 11.4 Å². The smallest absolute Gasteiger partial charge is 0.273 e. The Hall–Kier alpha value is -3.46. The van der Waals surface area contributed by atoms with Crippen molar-refractivity contribution < 1.29 is 9.53 Å². The van der Waals surface area contributed by atoms with Crippen LogP contribution in [0.25, 0.3) is 16.7 Å². The number of ether oxygens (including phenoxy) is 1. The minimum atomic E-state index is -0.354. The maximum Gasteiger partial charge on any atom is 0.273 e. The number of nitrogens with one attached hydrogen (secondary N) is 2. The number of fused-ring (bicyclic) bond motifs is 1. The number of carbonyl (C=O) groups is 1. The van der Waals surface area contributed by atoms with E-state index < -0.39 is 0 Å². The highest BCUT2D eigenvalue weighted by atomic mass is 32.1. The Morgan fingerprint density at radius 1 is 1.21 bits per heavy atom. The Morgan fingerprint density at radius 3 is 2.68 bits per heavy atom. The van der Waals surface area contributed by atoms with E-state index in [1.54, 1.807) is 24.3 Å². The van der Waals surface area contributed by atoms with Gasteiger partial charge in [-0.05, 0) is 50.2 Å². The van der Waals surface area contributed by atoms with Crippen LogP contribution in [0.3, 0.4) is 0 Å². The number of carbonyl (C=O) groups excluding carboxylic acids is 1. The predicted molar refractivity (Wildman–Crippen MR) is 108 cm³/mol. The van der Waals surface area contributed by atoms with Gasteiger partial charge in [0.1, 0.15) is 22.6 Å². The third kappa shape index (κ3) is 3.52. The number of aromatic nitrogens is 4. The number of nitrogens with zero attached hydrogens (tertiary/aromatic N) is 3. The van der Waals surface area contributed by atoms with Gasteiger partial charge in [0.05, 0.1) is 11.8 Å². The van der Waals surface area contributed by atoms with E-state index in [9.17, 15) is 9.59 Å². The number of hydrogen-bond acceptors (Lipinski definition) is 6. The first kappa shape index (κ1) is 17.9. The lowest BCUT2D eigenvalue weighted by molar-refractivity contribution is 0.102. The molecule has 1 amide bonds.